The Morgan fingerprint density at radius 2 is 2.27 bits per heavy atom. The van der Waals surface area contributed by atoms with Crippen LogP contribution in [0, 0.1) is 6.92 Å². The van der Waals surface area contributed by atoms with E-state index in [2.05, 4.69) is 17.3 Å². The van der Waals surface area contributed by atoms with Crippen LogP contribution in [0.15, 0.2) is 23.2 Å². The lowest BCUT2D eigenvalue weighted by Gasteiger charge is -2.07. The largest absolute Gasteiger partial charge is 0.308 e. The second kappa shape index (κ2) is 5.73. The Bertz CT molecular complexity index is 361. The van der Waals surface area contributed by atoms with E-state index in [1.807, 2.05) is 25.1 Å². The number of aryl methyl sites for hydroxylation is 1. The molecule has 3 nitrogen and oxygen atoms in total. The van der Waals surface area contributed by atoms with E-state index in [9.17, 15) is 0 Å². The minimum absolute atomic E-state index is 0.705. The van der Waals surface area contributed by atoms with Crippen molar-refractivity contribution in [3.8, 4) is 0 Å². The number of halogens is 1. The molecule has 0 bridgehead atoms. The fourth-order valence-electron chi connectivity index (χ4n) is 1.24. The van der Waals surface area contributed by atoms with Crippen molar-refractivity contribution in [1.29, 1.82) is 0 Å². The van der Waals surface area contributed by atoms with E-state index in [-0.39, 0.29) is 0 Å². The molecule has 0 aliphatic carbocycles. The fraction of sp³-hybridized carbons (Fsp3) is 0.364. The van der Waals surface area contributed by atoms with Crippen LogP contribution in [0.3, 0.4) is 0 Å². The smallest absolute Gasteiger partial charge is 0.142 e. The van der Waals surface area contributed by atoms with Crippen LogP contribution in [-0.4, -0.2) is 12.4 Å². The Morgan fingerprint density at radius 1 is 1.53 bits per heavy atom. The first kappa shape index (κ1) is 12.0. The van der Waals surface area contributed by atoms with Gasteiger partial charge >= 0.3 is 0 Å². The second-order valence-electron chi connectivity index (χ2n) is 3.34. The Balaban J connectivity index is 2.97. The maximum absolute atomic E-state index is 5.94. The van der Waals surface area contributed by atoms with Crippen molar-refractivity contribution >= 4 is 17.4 Å². The van der Waals surface area contributed by atoms with Crippen molar-refractivity contribution in [2.45, 2.75) is 20.3 Å². The molecule has 0 saturated carbocycles. The van der Waals surface area contributed by atoms with Crippen molar-refractivity contribution < 1.29 is 0 Å². The van der Waals surface area contributed by atoms with Crippen LogP contribution in [0.2, 0.25) is 5.02 Å². The molecule has 0 fully saturated rings. The number of amidine groups is 1. The number of benzene rings is 1. The van der Waals surface area contributed by atoms with Gasteiger partial charge in [0.2, 0.25) is 0 Å². The molecule has 0 unspecified atom stereocenters. The van der Waals surface area contributed by atoms with Gasteiger partial charge in [0.05, 0.1) is 0 Å². The molecule has 1 rings (SSSR count). The van der Waals surface area contributed by atoms with Gasteiger partial charge in [0.1, 0.15) is 5.84 Å². The monoisotopic (exact) mass is 225 g/mol. The van der Waals surface area contributed by atoms with Crippen molar-refractivity contribution in [2.24, 2.45) is 10.8 Å². The van der Waals surface area contributed by atoms with Crippen molar-refractivity contribution in [3.63, 3.8) is 0 Å². The first-order chi connectivity index (χ1) is 7.19. The summed E-state index contributed by atoms with van der Waals surface area (Å²) >= 11 is 5.94. The van der Waals surface area contributed by atoms with Gasteiger partial charge in [-0.1, -0.05) is 18.5 Å². The van der Waals surface area contributed by atoms with Crippen LogP contribution in [0.4, 0.5) is 0 Å². The molecular formula is C11H16ClN3. The minimum Gasteiger partial charge on any atom is -0.308 e. The van der Waals surface area contributed by atoms with Gasteiger partial charge in [-0.25, -0.2) is 5.84 Å². The summed E-state index contributed by atoms with van der Waals surface area (Å²) in [6.07, 6.45) is 0.998. The third kappa shape index (κ3) is 3.22. The van der Waals surface area contributed by atoms with Gasteiger partial charge in [-0.15, -0.1) is 0 Å². The van der Waals surface area contributed by atoms with E-state index in [1.54, 1.807) is 0 Å². The normalized spacial score (nSPS) is 11.6. The predicted octanol–water partition coefficient (Wildman–Crippen LogP) is 2.27. The lowest BCUT2D eigenvalue weighted by molar-refractivity contribution is 0.907. The van der Waals surface area contributed by atoms with Crippen LogP contribution < -0.4 is 11.3 Å². The molecule has 0 aliphatic rings. The highest BCUT2D eigenvalue weighted by Crippen LogP contribution is 2.16. The third-order valence-electron chi connectivity index (χ3n) is 2.06. The molecule has 0 atom stereocenters. The molecule has 3 N–H and O–H groups in total. The molecule has 0 heterocycles. The Hall–Kier alpha value is -1.06. The first-order valence-electron chi connectivity index (χ1n) is 4.96. The number of hydrogen-bond donors (Lipinski definition) is 2. The highest BCUT2D eigenvalue weighted by atomic mass is 35.5. The van der Waals surface area contributed by atoms with Gasteiger partial charge in [0.15, 0.2) is 0 Å². The van der Waals surface area contributed by atoms with Crippen LogP contribution >= 0.6 is 11.6 Å². The van der Waals surface area contributed by atoms with E-state index < -0.39 is 0 Å². The van der Waals surface area contributed by atoms with E-state index >= 15 is 0 Å². The highest BCUT2D eigenvalue weighted by Gasteiger charge is 2.03. The van der Waals surface area contributed by atoms with Gasteiger partial charge in [-0.05, 0) is 37.1 Å². The SMILES string of the molecule is CCCN=C(NN)c1ccc(Cl)c(C)c1. The molecule has 4 heteroatoms. The van der Waals surface area contributed by atoms with Gasteiger partial charge in [0, 0.05) is 17.1 Å². The number of hydrogen-bond acceptors (Lipinski definition) is 2. The summed E-state index contributed by atoms with van der Waals surface area (Å²) in [5.41, 5.74) is 4.59. The molecule has 0 spiro atoms. The molecular weight excluding hydrogens is 210 g/mol. The molecule has 15 heavy (non-hydrogen) atoms. The Labute approximate surface area is 95.3 Å². The summed E-state index contributed by atoms with van der Waals surface area (Å²) in [6, 6.07) is 5.73. The van der Waals surface area contributed by atoms with E-state index in [0.29, 0.717) is 5.84 Å². The summed E-state index contributed by atoms with van der Waals surface area (Å²) in [6.45, 7) is 4.80. The summed E-state index contributed by atoms with van der Waals surface area (Å²) in [7, 11) is 0. The van der Waals surface area contributed by atoms with Crippen molar-refractivity contribution in [3.05, 3.63) is 34.3 Å². The maximum Gasteiger partial charge on any atom is 0.142 e. The molecule has 1 aromatic rings. The van der Waals surface area contributed by atoms with Crippen LogP contribution in [0.5, 0.6) is 0 Å². The molecule has 0 aliphatic heterocycles. The second-order valence-corrected chi connectivity index (χ2v) is 3.75. The van der Waals surface area contributed by atoms with E-state index in [1.165, 1.54) is 0 Å². The molecule has 0 saturated heterocycles. The topological polar surface area (TPSA) is 50.4 Å². The standard InChI is InChI=1S/C11H16ClN3/c1-3-6-14-11(15-13)9-4-5-10(12)8(2)7-9/h4-5,7H,3,6,13H2,1-2H3,(H,14,15). The van der Waals surface area contributed by atoms with Gasteiger partial charge in [-0.3, -0.25) is 4.99 Å². The van der Waals surface area contributed by atoms with Gasteiger partial charge < -0.3 is 5.43 Å². The van der Waals surface area contributed by atoms with Crippen LogP contribution in [-0.2, 0) is 0 Å². The Morgan fingerprint density at radius 3 is 2.80 bits per heavy atom. The van der Waals surface area contributed by atoms with Crippen molar-refractivity contribution in [2.75, 3.05) is 6.54 Å². The summed E-state index contributed by atoms with van der Waals surface area (Å²) in [4.78, 5) is 4.34. The van der Waals surface area contributed by atoms with Crippen LogP contribution in [0.1, 0.15) is 24.5 Å². The lowest BCUT2D eigenvalue weighted by atomic mass is 10.1. The number of aliphatic imine (C=N–C) groups is 1. The fourth-order valence-corrected chi connectivity index (χ4v) is 1.35. The third-order valence-corrected chi connectivity index (χ3v) is 2.49. The van der Waals surface area contributed by atoms with Gasteiger partial charge in [-0.2, -0.15) is 0 Å². The number of rotatable bonds is 3. The first-order valence-corrected chi connectivity index (χ1v) is 5.34. The van der Waals surface area contributed by atoms with E-state index in [4.69, 9.17) is 17.4 Å². The number of nitrogens with zero attached hydrogens (tertiary/aromatic N) is 1. The van der Waals surface area contributed by atoms with E-state index in [0.717, 1.165) is 29.1 Å². The zero-order valence-electron chi connectivity index (χ0n) is 9.05. The molecule has 0 radical (unpaired) electrons. The zero-order chi connectivity index (χ0) is 11.3. The maximum atomic E-state index is 5.94. The van der Waals surface area contributed by atoms with Crippen LogP contribution in [0.25, 0.3) is 0 Å². The lowest BCUT2D eigenvalue weighted by Crippen LogP contribution is -2.31. The number of nitrogens with one attached hydrogen (secondary N) is 1. The summed E-state index contributed by atoms with van der Waals surface area (Å²) < 4.78 is 0. The Kier molecular flexibility index (Phi) is 4.59. The van der Waals surface area contributed by atoms with Crippen molar-refractivity contribution in [1.82, 2.24) is 5.43 Å². The minimum atomic E-state index is 0.705. The predicted molar refractivity (Wildman–Crippen MR) is 65.2 cm³/mol. The highest BCUT2D eigenvalue weighted by molar-refractivity contribution is 6.31. The quantitative estimate of drug-likeness (QED) is 0.359. The average molecular weight is 226 g/mol. The molecule has 0 amide bonds. The number of hydrazine groups is 1. The average Bonchev–Trinajstić information content (AvgIpc) is 2.24. The molecule has 1 aromatic carbocycles. The zero-order valence-corrected chi connectivity index (χ0v) is 9.80. The molecule has 82 valence electrons. The molecule has 0 aromatic heterocycles. The summed E-state index contributed by atoms with van der Waals surface area (Å²) in [5, 5.41) is 0.755. The summed E-state index contributed by atoms with van der Waals surface area (Å²) in [5.74, 6) is 6.13. The number of nitrogens with two attached hydrogens (primary N) is 1. The van der Waals surface area contributed by atoms with Gasteiger partial charge in [0.25, 0.3) is 0 Å².